The Morgan fingerprint density at radius 1 is 1.14 bits per heavy atom. The van der Waals surface area contributed by atoms with Gasteiger partial charge >= 0.3 is 0 Å². The Balaban J connectivity index is 1.50. The Kier molecular flexibility index (Phi) is 4.91. The minimum atomic E-state index is -3.41. The van der Waals surface area contributed by atoms with Crippen molar-refractivity contribution in [2.24, 2.45) is 0 Å². The van der Waals surface area contributed by atoms with Crippen LogP contribution >= 0.6 is 0 Å². The molecule has 8 heteroatoms. The lowest BCUT2D eigenvalue weighted by atomic mass is 10.0. The Labute approximate surface area is 164 Å². The molecular weight excluding hydrogens is 376 g/mol. The summed E-state index contributed by atoms with van der Waals surface area (Å²) < 4.78 is 27.2. The Bertz CT molecular complexity index is 1070. The zero-order valence-electron chi connectivity index (χ0n) is 15.6. The molecule has 146 valence electrons. The highest BCUT2D eigenvalue weighted by Crippen LogP contribution is 2.24. The fourth-order valence-corrected chi connectivity index (χ4v) is 4.71. The minimum Gasteiger partial charge on any atom is -0.325 e. The first-order valence-corrected chi connectivity index (χ1v) is 11.1. The number of amides is 1. The van der Waals surface area contributed by atoms with Crippen LogP contribution in [0.1, 0.15) is 19.3 Å². The SMILES string of the molecule is CS(=O)(=O)N1CCCC[C@@H]1C(=O)Nc1ccc(-c2cn3ccccc3n2)cc1. The summed E-state index contributed by atoms with van der Waals surface area (Å²) >= 11 is 0. The van der Waals surface area contributed by atoms with Crippen molar-refractivity contribution in [3.8, 4) is 11.3 Å². The molecule has 28 heavy (non-hydrogen) atoms. The number of carbonyl (C=O) groups excluding carboxylic acids is 1. The molecule has 0 saturated carbocycles. The van der Waals surface area contributed by atoms with E-state index in [0.717, 1.165) is 36.0 Å². The maximum atomic E-state index is 12.7. The highest BCUT2D eigenvalue weighted by atomic mass is 32.2. The van der Waals surface area contributed by atoms with Gasteiger partial charge in [0.1, 0.15) is 11.7 Å². The largest absolute Gasteiger partial charge is 0.325 e. The van der Waals surface area contributed by atoms with E-state index in [4.69, 9.17) is 0 Å². The fourth-order valence-electron chi connectivity index (χ4n) is 3.59. The number of carbonyl (C=O) groups is 1. The summed E-state index contributed by atoms with van der Waals surface area (Å²) in [5, 5.41) is 2.85. The summed E-state index contributed by atoms with van der Waals surface area (Å²) in [5.41, 5.74) is 3.29. The second-order valence-electron chi connectivity index (χ2n) is 7.04. The number of rotatable bonds is 4. The van der Waals surface area contributed by atoms with Gasteiger partial charge in [0.2, 0.25) is 15.9 Å². The first-order valence-electron chi connectivity index (χ1n) is 9.24. The quantitative estimate of drug-likeness (QED) is 0.732. The van der Waals surface area contributed by atoms with Gasteiger partial charge in [-0.05, 0) is 37.1 Å². The maximum Gasteiger partial charge on any atom is 0.242 e. The second-order valence-corrected chi connectivity index (χ2v) is 8.98. The zero-order chi connectivity index (χ0) is 19.7. The number of pyridine rings is 1. The van der Waals surface area contributed by atoms with Crippen molar-refractivity contribution in [2.75, 3.05) is 18.1 Å². The van der Waals surface area contributed by atoms with Gasteiger partial charge in [-0.1, -0.05) is 24.6 Å². The average Bonchev–Trinajstić information content (AvgIpc) is 3.12. The van der Waals surface area contributed by atoms with Crippen molar-refractivity contribution in [1.29, 1.82) is 0 Å². The third kappa shape index (κ3) is 3.79. The van der Waals surface area contributed by atoms with Crippen LogP contribution in [0.2, 0.25) is 0 Å². The van der Waals surface area contributed by atoms with Gasteiger partial charge in [-0.3, -0.25) is 4.79 Å². The van der Waals surface area contributed by atoms with E-state index in [1.165, 1.54) is 4.31 Å². The van der Waals surface area contributed by atoms with Crippen LogP contribution in [0.3, 0.4) is 0 Å². The molecular formula is C20H22N4O3S. The van der Waals surface area contributed by atoms with Crippen molar-refractivity contribution in [1.82, 2.24) is 13.7 Å². The topological polar surface area (TPSA) is 83.8 Å². The van der Waals surface area contributed by atoms with Crippen LogP contribution in [-0.4, -0.2) is 46.9 Å². The molecule has 1 fully saturated rings. The number of anilines is 1. The Hall–Kier alpha value is -2.71. The number of nitrogens with zero attached hydrogens (tertiary/aromatic N) is 3. The van der Waals surface area contributed by atoms with E-state index >= 15 is 0 Å². The van der Waals surface area contributed by atoms with Gasteiger partial charge in [0, 0.05) is 30.2 Å². The molecule has 2 aromatic heterocycles. The number of benzene rings is 1. The maximum absolute atomic E-state index is 12.7. The summed E-state index contributed by atoms with van der Waals surface area (Å²) in [5.74, 6) is -0.286. The molecule has 3 heterocycles. The highest BCUT2D eigenvalue weighted by molar-refractivity contribution is 7.88. The van der Waals surface area contributed by atoms with E-state index in [0.29, 0.717) is 18.7 Å². The van der Waals surface area contributed by atoms with E-state index < -0.39 is 16.1 Å². The van der Waals surface area contributed by atoms with E-state index in [-0.39, 0.29) is 5.91 Å². The lowest BCUT2D eigenvalue weighted by molar-refractivity contribution is -0.120. The molecule has 1 aliphatic heterocycles. The molecule has 1 aliphatic rings. The highest BCUT2D eigenvalue weighted by Gasteiger charge is 2.34. The average molecular weight is 398 g/mol. The van der Waals surface area contributed by atoms with E-state index in [9.17, 15) is 13.2 Å². The van der Waals surface area contributed by atoms with Gasteiger partial charge in [0.25, 0.3) is 0 Å². The van der Waals surface area contributed by atoms with Crippen molar-refractivity contribution in [3.05, 3.63) is 54.9 Å². The van der Waals surface area contributed by atoms with E-state index in [2.05, 4.69) is 10.3 Å². The van der Waals surface area contributed by atoms with Crippen molar-refractivity contribution >= 4 is 27.3 Å². The van der Waals surface area contributed by atoms with Crippen LogP contribution in [0.15, 0.2) is 54.9 Å². The molecule has 0 unspecified atom stereocenters. The van der Waals surface area contributed by atoms with Crippen molar-refractivity contribution in [2.45, 2.75) is 25.3 Å². The molecule has 7 nitrogen and oxygen atoms in total. The number of hydrogen-bond acceptors (Lipinski definition) is 4. The second kappa shape index (κ2) is 7.37. The summed E-state index contributed by atoms with van der Waals surface area (Å²) in [6.07, 6.45) is 7.22. The van der Waals surface area contributed by atoms with Gasteiger partial charge < -0.3 is 9.72 Å². The minimum absolute atomic E-state index is 0.286. The standard InChI is InChI=1S/C20H22N4O3S/c1-28(26,27)24-13-5-2-6-18(24)20(25)21-16-10-8-15(9-11-16)17-14-23-12-4-3-7-19(23)22-17/h3-4,7-12,14,18H,2,5-6,13H2,1H3,(H,21,25)/t18-/m1/s1. The van der Waals surface area contributed by atoms with Gasteiger partial charge in [-0.25, -0.2) is 13.4 Å². The molecule has 1 atom stereocenters. The van der Waals surface area contributed by atoms with Crippen molar-refractivity contribution < 1.29 is 13.2 Å². The molecule has 1 N–H and O–H groups in total. The predicted octanol–water partition coefficient (Wildman–Crippen LogP) is 2.75. The van der Waals surface area contributed by atoms with Gasteiger partial charge in [0.05, 0.1) is 11.9 Å². The van der Waals surface area contributed by atoms with E-state index in [1.54, 1.807) is 0 Å². The number of fused-ring (bicyclic) bond motifs is 1. The first kappa shape index (κ1) is 18.6. The zero-order valence-corrected chi connectivity index (χ0v) is 16.4. The van der Waals surface area contributed by atoms with Crippen LogP contribution in [0.25, 0.3) is 16.9 Å². The summed E-state index contributed by atoms with van der Waals surface area (Å²) in [7, 11) is -3.41. The molecule has 1 amide bonds. The van der Waals surface area contributed by atoms with Crippen LogP contribution < -0.4 is 5.32 Å². The number of hydrogen-bond donors (Lipinski definition) is 1. The fraction of sp³-hybridized carbons (Fsp3) is 0.300. The van der Waals surface area contributed by atoms with E-state index in [1.807, 2.05) is 59.3 Å². The molecule has 1 aromatic carbocycles. The monoisotopic (exact) mass is 398 g/mol. The van der Waals surface area contributed by atoms with Gasteiger partial charge in [-0.2, -0.15) is 4.31 Å². The van der Waals surface area contributed by atoms with Crippen molar-refractivity contribution in [3.63, 3.8) is 0 Å². The van der Waals surface area contributed by atoms with Gasteiger partial charge in [0.15, 0.2) is 0 Å². The van der Waals surface area contributed by atoms with Crippen LogP contribution in [0.4, 0.5) is 5.69 Å². The summed E-state index contributed by atoms with van der Waals surface area (Å²) in [6.45, 7) is 0.393. The molecule has 3 aromatic rings. The molecule has 0 radical (unpaired) electrons. The summed E-state index contributed by atoms with van der Waals surface area (Å²) in [6, 6.07) is 12.6. The lowest BCUT2D eigenvalue weighted by Gasteiger charge is -2.32. The molecule has 1 saturated heterocycles. The first-order chi connectivity index (χ1) is 13.4. The predicted molar refractivity (Wildman–Crippen MR) is 108 cm³/mol. The third-order valence-corrected chi connectivity index (χ3v) is 6.28. The smallest absolute Gasteiger partial charge is 0.242 e. The number of nitrogens with one attached hydrogen (secondary N) is 1. The Morgan fingerprint density at radius 3 is 2.64 bits per heavy atom. The number of aromatic nitrogens is 2. The van der Waals surface area contributed by atoms with Crippen LogP contribution in [0, 0.1) is 0 Å². The summed E-state index contributed by atoms with van der Waals surface area (Å²) in [4.78, 5) is 17.3. The van der Waals surface area contributed by atoms with Crippen LogP contribution in [-0.2, 0) is 14.8 Å². The molecule has 0 bridgehead atoms. The van der Waals surface area contributed by atoms with Crippen LogP contribution in [0.5, 0.6) is 0 Å². The number of imidazole rings is 1. The normalized spacial score (nSPS) is 18.2. The van der Waals surface area contributed by atoms with Gasteiger partial charge in [-0.15, -0.1) is 0 Å². The number of piperidine rings is 1. The third-order valence-electron chi connectivity index (χ3n) is 4.99. The lowest BCUT2D eigenvalue weighted by Crippen LogP contribution is -2.49. The number of sulfonamides is 1. The molecule has 0 aliphatic carbocycles. The molecule has 0 spiro atoms. The molecule has 4 rings (SSSR count). The Morgan fingerprint density at radius 2 is 1.93 bits per heavy atom.